The van der Waals surface area contributed by atoms with Gasteiger partial charge in [-0.05, 0) is 30.0 Å². The molecule has 0 saturated heterocycles. The van der Waals surface area contributed by atoms with Crippen molar-refractivity contribution in [1.82, 2.24) is 4.90 Å². The fourth-order valence-corrected chi connectivity index (χ4v) is 4.39. The molecule has 2 aliphatic rings. The number of hydrogen-bond donors (Lipinski definition) is 0. The number of benzene rings is 2. The maximum atomic E-state index is 13.1. The first-order chi connectivity index (χ1) is 12.2. The smallest absolute Gasteiger partial charge is 0.254 e. The Hall–Kier alpha value is -2.42. The first kappa shape index (κ1) is 16.1. The van der Waals surface area contributed by atoms with Crippen LogP contribution in [0.15, 0.2) is 54.6 Å². The molecule has 0 bridgehead atoms. The van der Waals surface area contributed by atoms with Gasteiger partial charge in [-0.3, -0.25) is 9.59 Å². The number of Topliss-reactive ketones (excluding diaryl/α,β-unsaturated/α-hetero) is 1. The van der Waals surface area contributed by atoms with Crippen LogP contribution in [0, 0.1) is 0 Å². The summed E-state index contributed by atoms with van der Waals surface area (Å²) >= 11 is 0. The number of rotatable bonds is 2. The summed E-state index contributed by atoms with van der Waals surface area (Å²) in [6.45, 7) is 1.07. The Bertz CT molecular complexity index is 799. The molecule has 1 saturated carbocycles. The third kappa shape index (κ3) is 2.78. The number of carbonyl (C=O) groups excluding carboxylic acids is 2. The molecule has 1 aliphatic heterocycles. The van der Waals surface area contributed by atoms with E-state index >= 15 is 0 Å². The summed E-state index contributed by atoms with van der Waals surface area (Å²) in [5.74, 6) is 0.352. The second-order valence-corrected chi connectivity index (χ2v) is 7.26. The van der Waals surface area contributed by atoms with Crippen molar-refractivity contribution in [3.8, 4) is 0 Å². The molecule has 1 spiro atoms. The van der Waals surface area contributed by atoms with Crippen LogP contribution in [-0.2, 0) is 16.8 Å². The summed E-state index contributed by atoms with van der Waals surface area (Å²) in [6.07, 6.45) is 4.59. The summed E-state index contributed by atoms with van der Waals surface area (Å²) < 4.78 is 0. The summed E-state index contributed by atoms with van der Waals surface area (Å²) in [6, 6.07) is 17.8. The maximum absolute atomic E-state index is 13.1. The van der Waals surface area contributed by atoms with Crippen LogP contribution in [0.1, 0.15) is 53.6 Å². The number of nitrogens with zero attached hydrogens (tertiary/aromatic N) is 1. The van der Waals surface area contributed by atoms with Crippen LogP contribution in [0.5, 0.6) is 0 Å². The predicted molar refractivity (Wildman–Crippen MR) is 97.4 cm³/mol. The van der Waals surface area contributed by atoms with Crippen LogP contribution in [0.3, 0.4) is 0 Å². The molecule has 2 aromatic rings. The van der Waals surface area contributed by atoms with Gasteiger partial charge in [-0.25, -0.2) is 0 Å². The summed E-state index contributed by atoms with van der Waals surface area (Å²) in [4.78, 5) is 28.1. The first-order valence-corrected chi connectivity index (χ1v) is 9.17. The maximum Gasteiger partial charge on any atom is 0.254 e. The van der Waals surface area contributed by atoms with E-state index in [-0.39, 0.29) is 5.91 Å². The molecule has 25 heavy (non-hydrogen) atoms. The average Bonchev–Trinajstić information content (AvgIpc) is 2.83. The van der Waals surface area contributed by atoms with Gasteiger partial charge in [-0.1, -0.05) is 61.4 Å². The van der Waals surface area contributed by atoms with Crippen LogP contribution < -0.4 is 0 Å². The quantitative estimate of drug-likeness (QED) is 0.829. The molecule has 1 heterocycles. The van der Waals surface area contributed by atoms with E-state index in [1.807, 2.05) is 59.5 Å². The molecule has 1 unspecified atom stereocenters. The minimum Gasteiger partial charge on any atom is -0.333 e. The van der Waals surface area contributed by atoms with Gasteiger partial charge in [0.15, 0.2) is 0 Å². The van der Waals surface area contributed by atoms with Gasteiger partial charge in [0.05, 0.1) is 5.41 Å². The van der Waals surface area contributed by atoms with Gasteiger partial charge in [0, 0.05) is 25.1 Å². The molecule has 2 aromatic carbocycles. The van der Waals surface area contributed by atoms with E-state index in [2.05, 4.69) is 0 Å². The van der Waals surface area contributed by atoms with E-state index in [1.165, 1.54) is 0 Å². The van der Waals surface area contributed by atoms with E-state index in [0.717, 1.165) is 36.8 Å². The van der Waals surface area contributed by atoms with Gasteiger partial charge in [-0.15, -0.1) is 0 Å². The van der Waals surface area contributed by atoms with Crippen LogP contribution in [0.25, 0.3) is 0 Å². The highest BCUT2D eigenvalue weighted by Gasteiger charge is 2.47. The fourth-order valence-electron chi connectivity index (χ4n) is 4.39. The SMILES string of the molecule is O=C1c2ccccc2C2(CCCCCC2=O)CN1Cc1ccccc1. The molecule has 0 radical (unpaired) electrons. The molecule has 1 atom stereocenters. The van der Waals surface area contributed by atoms with E-state index in [4.69, 9.17) is 0 Å². The Morgan fingerprint density at radius 2 is 1.64 bits per heavy atom. The molecule has 128 valence electrons. The summed E-state index contributed by atoms with van der Waals surface area (Å²) in [5, 5.41) is 0. The number of ketones is 1. The predicted octanol–water partition coefficient (Wildman–Crippen LogP) is 4.11. The molecule has 0 N–H and O–H groups in total. The van der Waals surface area contributed by atoms with Crippen molar-refractivity contribution in [2.45, 2.75) is 44.1 Å². The Morgan fingerprint density at radius 3 is 2.48 bits per heavy atom. The third-order valence-corrected chi connectivity index (χ3v) is 5.68. The van der Waals surface area contributed by atoms with Crippen molar-refractivity contribution >= 4 is 11.7 Å². The van der Waals surface area contributed by atoms with Gasteiger partial charge < -0.3 is 4.90 Å². The van der Waals surface area contributed by atoms with Gasteiger partial charge in [-0.2, -0.15) is 0 Å². The standard InChI is InChI=1S/C22H23NO2/c24-20-13-5-2-8-14-22(20)16-23(15-17-9-3-1-4-10-17)21(25)18-11-6-7-12-19(18)22/h1,3-4,6-7,9-12H,2,5,8,13-16H2. The van der Waals surface area contributed by atoms with E-state index in [9.17, 15) is 9.59 Å². The van der Waals surface area contributed by atoms with Crippen LogP contribution in [-0.4, -0.2) is 23.1 Å². The molecule has 3 heteroatoms. The van der Waals surface area contributed by atoms with Crippen molar-refractivity contribution in [2.24, 2.45) is 0 Å². The molecule has 1 aliphatic carbocycles. The van der Waals surface area contributed by atoms with Crippen molar-refractivity contribution in [2.75, 3.05) is 6.54 Å². The first-order valence-electron chi connectivity index (χ1n) is 9.17. The van der Waals surface area contributed by atoms with Crippen LogP contribution in [0.4, 0.5) is 0 Å². The lowest BCUT2D eigenvalue weighted by molar-refractivity contribution is -0.125. The monoisotopic (exact) mass is 333 g/mol. The average molecular weight is 333 g/mol. The lowest BCUT2D eigenvalue weighted by atomic mass is 9.69. The lowest BCUT2D eigenvalue weighted by Crippen LogP contribution is -2.52. The second kappa shape index (κ2) is 6.47. The van der Waals surface area contributed by atoms with Crippen molar-refractivity contribution in [1.29, 1.82) is 0 Å². The molecule has 1 amide bonds. The van der Waals surface area contributed by atoms with E-state index in [1.54, 1.807) is 0 Å². The zero-order valence-electron chi connectivity index (χ0n) is 14.4. The summed E-state index contributed by atoms with van der Waals surface area (Å²) in [5.41, 5.74) is 2.25. The summed E-state index contributed by atoms with van der Waals surface area (Å²) in [7, 11) is 0. The Labute approximate surface area is 148 Å². The second-order valence-electron chi connectivity index (χ2n) is 7.26. The fraction of sp³-hybridized carbons (Fsp3) is 0.364. The minimum atomic E-state index is -0.518. The van der Waals surface area contributed by atoms with Crippen molar-refractivity contribution < 1.29 is 9.59 Å². The van der Waals surface area contributed by atoms with Gasteiger partial charge in [0.2, 0.25) is 0 Å². The highest BCUT2D eigenvalue weighted by molar-refractivity contribution is 6.02. The highest BCUT2D eigenvalue weighted by atomic mass is 16.2. The number of amides is 1. The largest absolute Gasteiger partial charge is 0.333 e. The van der Waals surface area contributed by atoms with Gasteiger partial charge in [0.25, 0.3) is 5.91 Å². The molecule has 1 fully saturated rings. The van der Waals surface area contributed by atoms with Crippen molar-refractivity contribution in [3.63, 3.8) is 0 Å². The van der Waals surface area contributed by atoms with Gasteiger partial charge in [0.1, 0.15) is 5.78 Å². The third-order valence-electron chi connectivity index (χ3n) is 5.68. The molecular formula is C22H23NO2. The van der Waals surface area contributed by atoms with Gasteiger partial charge >= 0.3 is 0 Å². The highest BCUT2D eigenvalue weighted by Crippen LogP contribution is 2.42. The molecule has 4 rings (SSSR count). The van der Waals surface area contributed by atoms with Crippen LogP contribution in [0.2, 0.25) is 0 Å². The molecule has 0 aromatic heterocycles. The number of fused-ring (bicyclic) bond motifs is 2. The van der Waals surface area contributed by atoms with Crippen LogP contribution >= 0.6 is 0 Å². The molecule has 3 nitrogen and oxygen atoms in total. The zero-order valence-corrected chi connectivity index (χ0v) is 14.4. The van der Waals surface area contributed by atoms with E-state index in [0.29, 0.717) is 30.9 Å². The molecular weight excluding hydrogens is 310 g/mol. The Kier molecular flexibility index (Phi) is 4.16. The van der Waals surface area contributed by atoms with E-state index < -0.39 is 5.41 Å². The number of carbonyl (C=O) groups is 2. The normalized spacial score (nSPS) is 23.4. The number of hydrogen-bond acceptors (Lipinski definition) is 2. The lowest BCUT2D eigenvalue weighted by Gasteiger charge is -2.42. The Morgan fingerprint density at radius 1 is 0.880 bits per heavy atom. The van der Waals surface area contributed by atoms with Crippen molar-refractivity contribution in [3.05, 3.63) is 71.3 Å². The minimum absolute atomic E-state index is 0.0436. The topological polar surface area (TPSA) is 37.4 Å². The Balaban J connectivity index is 1.77. The zero-order chi connectivity index (χ0) is 17.3.